The highest BCUT2D eigenvalue weighted by atomic mass is 16.5. The lowest BCUT2D eigenvalue weighted by molar-refractivity contribution is -0.121. The second-order valence-electron chi connectivity index (χ2n) is 4.86. The molecule has 18 heavy (non-hydrogen) atoms. The maximum Gasteiger partial charge on any atom is 0.250 e. The number of hydrogen-bond donors (Lipinski definition) is 2. The molecule has 0 spiro atoms. The number of ether oxygens (including phenoxy) is 1. The van der Waals surface area contributed by atoms with E-state index in [1.807, 2.05) is 45.0 Å². The molecular formula is C14H22N2O2. The molecular weight excluding hydrogens is 228 g/mol. The number of para-hydroxylation sites is 1. The first-order valence-corrected chi connectivity index (χ1v) is 6.17. The van der Waals surface area contributed by atoms with Crippen LogP contribution in [0, 0.1) is 6.92 Å². The lowest BCUT2D eigenvalue weighted by Crippen LogP contribution is -2.41. The van der Waals surface area contributed by atoms with E-state index >= 15 is 0 Å². The molecule has 3 N–H and O–H groups in total. The Morgan fingerprint density at radius 1 is 1.44 bits per heavy atom. The van der Waals surface area contributed by atoms with Crippen LogP contribution in [0.5, 0.6) is 0 Å². The summed E-state index contributed by atoms with van der Waals surface area (Å²) in [5.41, 5.74) is 7.40. The topological polar surface area (TPSA) is 64.3 Å². The number of rotatable bonds is 6. The second-order valence-corrected chi connectivity index (χ2v) is 4.86. The van der Waals surface area contributed by atoms with Crippen LogP contribution >= 0.6 is 0 Å². The van der Waals surface area contributed by atoms with E-state index in [0.717, 1.165) is 17.7 Å². The molecule has 0 fully saturated rings. The first kappa shape index (κ1) is 14.7. The summed E-state index contributed by atoms with van der Waals surface area (Å²) in [6, 6.07) is 7.64. The number of hydrogen-bond acceptors (Lipinski definition) is 3. The van der Waals surface area contributed by atoms with E-state index in [1.54, 1.807) is 0 Å². The average Bonchev–Trinajstić information content (AvgIpc) is 2.32. The smallest absolute Gasteiger partial charge is 0.250 e. The van der Waals surface area contributed by atoms with Crippen molar-refractivity contribution in [3.05, 3.63) is 29.8 Å². The fourth-order valence-electron chi connectivity index (χ4n) is 1.38. The molecule has 0 aromatic heterocycles. The minimum absolute atomic E-state index is 0.0289. The minimum atomic E-state index is -0.372. The van der Waals surface area contributed by atoms with Crippen LogP contribution in [-0.4, -0.2) is 24.7 Å². The normalized spacial score (nSPS) is 14.0. The summed E-state index contributed by atoms with van der Waals surface area (Å²) in [6.07, 6.45) is 0.812. The predicted octanol–water partition coefficient (Wildman–Crippen LogP) is 2.08. The maximum absolute atomic E-state index is 11.7. The van der Waals surface area contributed by atoms with Crippen LogP contribution in [0.25, 0.3) is 0 Å². The van der Waals surface area contributed by atoms with Crippen molar-refractivity contribution in [3.63, 3.8) is 0 Å². The van der Waals surface area contributed by atoms with Crippen molar-refractivity contribution in [2.24, 2.45) is 5.73 Å². The molecule has 4 nitrogen and oxygen atoms in total. The number of nitrogens with two attached hydrogens (primary N) is 1. The SMILES string of the molecule is CCC(C)(N)COCC(=O)Nc1ccccc1C. The largest absolute Gasteiger partial charge is 0.370 e. The van der Waals surface area contributed by atoms with Gasteiger partial charge in [0.15, 0.2) is 0 Å². The van der Waals surface area contributed by atoms with E-state index in [9.17, 15) is 4.79 Å². The van der Waals surface area contributed by atoms with Crippen LogP contribution in [0.15, 0.2) is 24.3 Å². The third kappa shape index (κ3) is 4.85. The van der Waals surface area contributed by atoms with Crippen molar-refractivity contribution >= 4 is 11.6 Å². The van der Waals surface area contributed by atoms with Crippen molar-refractivity contribution in [2.75, 3.05) is 18.5 Å². The van der Waals surface area contributed by atoms with E-state index in [0.29, 0.717) is 6.61 Å². The molecule has 0 aliphatic rings. The molecule has 1 amide bonds. The van der Waals surface area contributed by atoms with Crippen molar-refractivity contribution in [2.45, 2.75) is 32.7 Å². The number of benzene rings is 1. The van der Waals surface area contributed by atoms with Crippen LogP contribution < -0.4 is 11.1 Å². The van der Waals surface area contributed by atoms with Gasteiger partial charge < -0.3 is 15.8 Å². The Balaban J connectivity index is 2.37. The van der Waals surface area contributed by atoms with E-state index in [2.05, 4.69) is 5.32 Å². The predicted molar refractivity (Wildman–Crippen MR) is 73.5 cm³/mol. The summed E-state index contributed by atoms with van der Waals surface area (Å²) in [5, 5.41) is 2.81. The Morgan fingerprint density at radius 2 is 2.11 bits per heavy atom. The fraction of sp³-hybridized carbons (Fsp3) is 0.500. The van der Waals surface area contributed by atoms with E-state index in [1.165, 1.54) is 0 Å². The lowest BCUT2D eigenvalue weighted by Gasteiger charge is -2.22. The van der Waals surface area contributed by atoms with Crippen LogP contribution in [-0.2, 0) is 9.53 Å². The van der Waals surface area contributed by atoms with Gasteiger partial charge in [0.25, 0.3) is 0 Å². The fourth-order valence-corrected chi connectivity index (χ4v) is 1.38. The highest BCUT2D eigenvalue weighted by Crippen LogP contribution is 2.12. The van der Waals surface area contributed by atoms with Crippen molar-refractivity contribution in [3.8, 4) is 0 Å². The van der Waals surface area contributed by atoms with Gasteiger partial charge in [0.05, 0.1) is 6.61 Å². The van der Waals surface area contributed by atoms with E-state index in [4.69, 9.17) is 10.5 Å². The van der Waals surface area contributed by atoms with Gasteiger partial charge in [0.2, 0.25) is 5.91 Å². The molecule has 0 saturated carbocycles. The standard InChI is InChI=1S/C14H22N2O2/c1-4-14(3,15)10-18-9-13(17)16-12-8-6-5-7-11(12)2/h5-8H,4,9-10,15H2,1-3H3,(H,16,17). The van der Waals surface area contributed by atoms with Crippen LogP contribution in [0.2, 0.25) is 0 Å². The molecule has 0 heterocycles. The summed E-state index contributed by atoms with van der Waals surface area (Å²) in [4.78, 5) is 11.7. The molecule has 1 aromatic rings. The summed E-state index contributed by atoms with van der Waals surface area (Å²) in [7, 11) is 0. The average molecular weight is 250 g/mol. The summed E-state index contributed by atoms with van der Waals surface area (Å²) in [6.45, 7) is 6.26. The Hall–Kier alpha value is -1.39. The molecule has 4 heteroatoms. The molecule has 100 valence electrons. The highest BCUT2D eigenvalue weighted by molar-refractivity contribution is 5.92. The molecule has 0 saturated heterocycles. The molecule has 0 aliphatic carbocycles. The molecule has 0 bridgehead atoms. The number of anilines is 1. The number of nitrogens with one attached hydrogen (secondary N) is 1. The van der Waals surface area contributed by atoms with Crippen LogP contribution in [0.1, 0.15) is 25.8 Å². The van der Waals surface area contributed by atoms with Crippen molar-refractivity contribution in [1.29, 1.82) is 0 Å². The van der Waals surface area contributed by atoms with Gasteiger partial charge in [-0.25, -0.2) is 0 Å². The number of carbonyl (C=O) groups is 1. The van der Waals surface area contributed by atoms with Gasteiger partial charge in [0.1, 0.15) is 6.61 Å². The maximum atomic E-state index is 11.7. The first-order valence-electron chi connectivity index (χ1n) is 6.17. The number of aryl methyl sites for hydroxylation is 1. The van der Waals surface area contributed by atoms with Gasteiger partial charge >= 0.3 is 0 Å². The van der Waals surface area contributed by atoms with Crippen LogP contribution in [0.3, 0.4) is 0 Å². The summed E-state index contributed by atoms with van der Waals surface area (Å²) < 4.78 is 5.33. The van der Waals surface area contributed by atoms with Gasteiger partial charge in [-0.2, -0.15) is 0 Å². The molecule has 0 radical (unpaired) electrons. The third-order valence-electron chi connectivity index (χ3n) is 2.89. The van der Waals surface area contributed by atoms with Gasteiger partial charge in [-0.1, -0.05) is 25.1 Å². The minimum Gasteiger partial charge on any atom is -0.370 e. The van der Waals surface area contributed by atoms with Gasteiger partial charge in [-0.3, -0.25) is 4.79 Å². The molecule has 1 unspecified atom stereocenters. The first-order chi connectivity index (χ1) is 8.44. The Morgan fingerprint density at radius 3 is 2.72 bits per heavy atom. The monoisotopic (exact) mass is 250 g/mol. The van der Waals surface area contributed by atoms with Crippen molar-refractivity contribution < 1.29 is 9.53 Å². The molecule has 1 atom stereocenters. The zero-order chi connectivity index (χ0) is 13.6. The highest BCUT2D eigenvalue weighted by Gasteiger charge is 2.16. The quantitative estimate of drug-likeness (QED) is 0.812. The zero-order valence-corrected chi connectivity index (χ0v) is 11.3. The second kappa shape index (κ2) is 6.52. The van der Waals surface area contributed by atoms with Gasteiger partial charge in [0, 0.05) is 11.2 Å². The van der Waals surface area contributed by atoms with Gasteiger partial charge in [-0.15, -0.1) is 0 Å². The number of carbonyl (C=O) groups excluding carboxylic acids is 1. The zero-order valence-electron chi connectivity index (χ0n) is 11.3. The third-order valence-corrected chi connectivity index (χ3v) is 2.89. The van der Waals surface area contributed by atoms with E-state index in [-0.39, 0.29) is 18.1 Å². The number of amides is 1. The van der Waals surface area contributed by atoms with E-state index < -0.39 is 0 Å². The van der Waals surface area contributed by atoms with Crippen LogP contribution in [0.4, 0.5) is 5.69 Å². The van der Waals surface area contributed by atoms with Crippen molar-refractivity contribution in [1.82, 2.24) is 0 Å². The van der Waals surface area contributed by atoms with Gasteiger partial charge in [-0.05, 0) is 31.9 Å². The Kier molecular flexibility index (Phi) is 5.31. The Labute approximate surface area is 109 Å². The molecule has 0 aliphatic heterocycles. The lowest BCUT2D eigenvalue weighted by atomic mass is 10.0. The summed E-state index contributed by atoms with van der Waals surface area (Å²) >= 11 is 0. The summed E-state index contributed by atoms with van der Waals surface area (Å²) in [5.74, 6) is -0.156. The Bertz CT molecular complexity index is 403. The molecule has 1 aromatic carbocycles. The molecule has 1 rings (SSSR count).